The van der Waals surface area contributed by atoms with E-state index in [4.69, 9.17) is 16.3 Å². The Morgan fingerprint density at radius 2 is 1.94 bits per heavy atom. The summed E-state index contributed by atoms with van der Waals surface area (Å²) < 4.78 is 34.6. The molecule has 2 aromatic carbocycles. The van der Waals surface area contributed by atoms with Crippen molar-refractivity contribution in [2.45, 2.75) is 44.5 Å². The first-order chi connectivity index (χ1) is 15.4. The summed E-state index contributed by atoms with van der Waals surface area (Å²) >= 11 is 7.35. The number of hydrogen-bond acceptors (Lipinski definition) is 5. The van der Waals surface area contributed by atoms with Gasteiger partial charge in [0.15, 0.2) is 11.0 Å². The SMILES string of the molecule is CCC(CC)n1c(COc2ccccc2Cl)nnc1SCC(=O)Nc1ccc(F)cc1F. The lowest BCUT2D eigenvalue weighted by molar-refractivity contribution is -0.113. The molecule has 0 aliphatic rings. The van der Waals surface area contributed by atoms with E-state index in [1.807, 2.05) is 16.7 Å². The number of thioether (sulfide) groups is 1. The Bertz CT molecular complexity index is 1080. The molecule has 0 aliphatic carbocycles. The predicted molar refractivity (Wildman–Crippen MR) is 121 cm³/mol. The lowest BCUT2D eigenvalue weighted by Crippen LogP contribution is -2.17. The van der Waals surface area contributed by atoms with E-state index in [-0.39, 0.29) is 24.1 Å². The average molecular weight is 481 g/mol. The van der Waals surface area contributed by atoms with Gasteiger partial charge in [-0.05, 0) is 37.1 Å². The fourth-order valence-electron chi connectivity index (χ4n) is 3.14. The van der Waals surface area contributed by atoms with Crippen LogP contribution in [0.15, 0.2) is 47.6 Å². The molecule has 0 aliphatic heterocycles. The number of ether oxygens (including phenoxy) is 1. The lowest BCUT2D eigenvalue weighted by Gasteiger charge is -2.19. The predicted octanol–water partition coefficient (Wildman–Crippen LogP) is 5.88. The third-order valence-corrected chi connectivity index (χ3v) is 6.03. The minimum Gasteiger partial charge on any atom is -0.484 e. The number of hydrogen-bond donors (Lipinski definition) is 1. The van der Waals surface area contributed by atoms with Crippen molar-refractivity contribution in [3.8, 4) is 5.75 Å². The van der Waals surface area contributed by atoms with Crippen molar-refractivity contribution < 1.29 is 18.3 Å². The molecule has 0 bridgehead atoms. The van der Waals surface area contributed by atoms with E-state index in [1.54, 1.807) is 12.1 Å². The Morgan fingerprint density at radius 1 is 1.19 bits per heavy atom. The average Bonchev–Trinajstić information content (AvgIpc) is 3.17. The van der Waals surface area contributed by atoms with Gasteiger partial charge in [-0.3, -0.25) is 4.79 Å². The number of carbonyl (C=O) groups is 1. The van der Waals surface area contributed by atoms with Crippen molar-refractivity contribution >= 4 is 35.0 Å². The van der Waals surface area contributed by atoms with E-state index in [0.29, 0.717) is 21.8 Å². The first-order valence-electron chi connectivity index (χ1n) is 10.1. The number of halogens is 3. The molecule has 0 unspecified atom stereocenters. The monoisotopic (exact) mass is 480 g/mol. The fourth-order valence-corrected chi connectivity index (χ4v) is 4.15. The van der Waals surface area contributed by atoms with Crippen LogP contribution in [0.4, 0.5) is 14.5 Å². The molecule has 0 radical (unpaired) electrons. The Morgan fingerprint density at radius 3 is 2.62 bits per heavy atom. The second-order valence-corrected chi connectivity index (χ2v) is 8.27. The van der Waals surface area contributed by atoms with E-state index in [9.17, 15) is 13.6 Å². The molecule has 0 saturated carbocycles. The normalized spacial score (nSPS) is 11.1. The minimum atomic E-state index is -0.831. The number of benzene rings is 2. The molecule has 3 aromatic rings. The maximum absolute atomic E-state index is 13.8. The Hall–Kier alpha value is -2.65. The maximum Gasteiger partial charge on any atom is 0.234 e. The highest BCUT2D eigenvalue weighted by molar-refractivity contribution is 7.99. The number of aromatic nitrogens is 3. The molecule has 1 heterocycles. The highest BCUT2D eigenvalue weighted by Gasteiger charge is 2.20. The number of rotatable bonds is 10. The van der Waals surface area contributed by atoms with E-state index >= 15 is 0 Å². The standard InChI is InChI=1S/C22H23ClF2N4O2S/c1-3-15(4-2)29-20(12-31-19-8-6-5-7-16(19)23)27-28-22(29)32-13-21(30)26-18-10-9-14(24)11-17(18)25/h5-11,15H,3-4,12-13H2,1-2H3,(H,26,30). The third-order valence-electron chi connectivity index (χ3n) is 4.77. The Labute approximate surface area is 194 Å². The van der Waals surface area contributed by atoms with Crippen LogP contribution in [-0.4, -0.2) is 26.4 Å². The van der Waals surface area contributed by atoms with Crippen LogP contribution in [0.25, 0.3) is 0 Å². The van der Waals surface area contributed by atoms with Crippen molar-refractivity contribution in [1.29, 1.82) is 0 Å². The molecule has 0 saturated heterocycles. The summed E-state index contributed by atoms with van der Waals surface area (Å²) in [5.74, 6) is -0.828. The van der Waals surface area contributed by atoms with E-state index in [2.05, 4.69) is 29.4 Å². The van der Waals surface area contributed by atoms with E-state index in [1.165, 1.54) is 17.8 Å². The Kier molecular flexibility index (Phi) is 8.46. The highest BCUT2D eigenvalue weighted by atomic mass is 35.5. The second kappa shape index (κ2) is 11.3. The molecule has 0 fully saturated rings. The zero-order valence-corrected chi connectivity index (χ0v) is 19.2. The molecule has 3 rings (SSSR count). The van der Waals surface area contributed by atoms with Crippen molar-refractivity contribution in [2.75, 3.05) is 11.1 Å². The molecule has 0 spiro atoms. The van der Waals surface area contributed by atoms with Gasteiger partial charge in [-0.2, -0.15) is 0 Å². The number of nitrogens with one attached hydrogen (secondary N) is 1. The molecule has 10 heteroatoms. The number of anilines is 1. The van der Waals surface area contributed by atoms with Crippen LogP contribution in [0, 0.1) is 11.6 Å². The van der Waals surface area contributed by atoms with Gasteiger partial charge in [0.05, 0.1) is 16.5 Å². The molecule has 1 amide bonds. The van der Waals surface area contributed by atoms with Crippen molar-refractivity contribution in [3.63, 3.8) is 0 Å². The first-order valence-corrected chi connectivity index (χ1v) is 11.5. The number of amides is 1. The second-order valence-electron chi connectivity index (χ2n) is 6.92. The number of carbonyl (C=O) groups excluding carboxylic acids is 1. The summed E-state index contributed by atoms with van der Waals surface area (Å²) in [4.78, 5) is 12.3. The van der Waals surface area contributed by atoms with Gasteiger partial charge in [0.25, 0.3) is 0 Å². The first kappa shape index (κ1) is 24.0. The molecular weight excluding hydrogens is 458 g/mol. The number of nitrogens with zero attached hydrogens (tertiary/aromatic N) is 3. The van der Waals surface area contributed by atoms with E-state index in [0.717, 1.165) is 25.0 Å². The van der Waals surface area contributed by atoms with Crippen LogP contribution in [0.2, 0.25) is 5.02 Å². The van der Waals surface area contributed by atoms with Gasteiger partial charge in [0.2, 0.25) is 5.91 Å². The van der Waals surface area contributed by atoms with E-state index < -0.39 is 17.5 Å². The summed E-state index contributed by atoms with van der Waals surface area (Å²) in [5, 5.41) is 12.0. The smallest absolute Gasteiger partial charge is 0.234 e. The molecule has 0 atom stereocenters. The molecular formula is C22H23ClF2N4O2S. The van der Waals surface area contributed by atoms with Gasteiger partial charge in [0.1, 0.15) is 24.0 Å². The largest absolute Gasteiger partial charge is 0.484 e. The van der Waals surface area contributed by atoms with Gasteiger partial charge >= 0.3 is 0 Å². The Balaban J connectivity index is 1.71. The maximum atomic E-state index is 13.8. The third kappa shape index (κ3) is 5.98. The van der Waals surface area contributed by atoms with Crippen LogP contribution >= 0.6 is 23.4 Å². The molecule has 32 heavy (non-hydrogen) atoms. The summed E-state index contributed by atoms with van der Waals surface area (Å²) in [5.41, 5.74) is -0.0766. The lowest BCUT2D eigenvalue weighted by atomic mass is 10.2. The molecule has 170 valence electrons. The summed E-state index contributed by atoms with van der Waals surface area (Å²) in [7, 11) is 0. The summed E-state index contributed by atoms with van der Waals surface area (Å²) in [6, 6.07) is 10.3. The van der Waals surface area contributed by atoms with Crippen LogP contribution in [-0.2, 0) is 11.4 Å². The molecule has 6 nitrogen and oxygen atoms in total. The summed E-state index contributed by atoms with van der Waals surface area (Å²) in [6.07, 6.45) is 1.68. The van der Waals surface area contributed by atoms with Crippen LogP contribution in [0.1, 0.15) is 38.6 Å². The minimum absolute atomic E-state index is 0.0134. The quantitative estimate of drug-likeness (QED) is 0.367. The van der Waals surface area contributed by atoms with Gasteiger partial charge in [-0.25, -0.2) is 8.78 Å². The zero-order chi connectivity index (χ0) is 23.1. The summed E-state index contributed by atoms with van der Waals surface area (Å²) in [6.45, 7) is 4.29. The molecule has 1 aromatic heterocycles. The van der Waals surface area contributed by atoms with Gasteiger partial charge in [-0.15, -0.1) is 10.2 Å². The highest BCUT2D eigenvalue weighted by Crippen LogP contribution is 2.28. The molecule has 1 N–H and O–H groups in total. The van der Waals surface area contributed by atoms with Crippen LogP contribution in [0.3, 0.4) is 0 Å². The van der Waals surface area contributed by atoms with Crippen molar-refractivity contribution in [1.82, 2.24) is 14.8 Å². The fraction of sp³-hybridized carbons (Fsp3) is 0.318. The van der Waals surface area contributed by atoms with Crippen molar-refractivity contribution in [2.24, 2.45) is 0 Å². The van der Waals surface area contributed by atoms with Gasteiger partial charge in [-0.1, -0.05) is 49.3 Å². The van der Waals surface area contributed by atoms with Crippen LogP contribution < -0.4 is 10.1 Å². The zero-order valence-electron chi connectivity index (χ0n) is 17.6. The van der Waals surface area contributed by atoms with Gasteiger partial charge < -0.3 is 14.6 Å². The number of para-hydroxylation sites is 1. The topological polar surface area (TPSA) is 69.0 Å². The van der Waals surface area contributed by atoms with Gasteiger partial charge in [0, 0.05) is 12.1 Å². The van der Waals surface area contributed by atoms with Crippen LogP contribution in [0.5, 0.6) is 5.75 Å². The van der Waals surface area contributed by atoms with Crippen molar-refractivity contribution in [3.05, 3.63) is 64.9 Å².